The van der Waals surface area contributed by atoms with Crippen molar-refractivity contribution in [3.63, 3.8) is 0 Å². The number of benzene rings is 1. The number of anilines is 1. The van der Waals surface area contributed by atoms with Crippen molar-refractivity contribution < 1.29 is 4.74 Å². The molecule has 0 amide bonds. The van der Waals surface area contributed by atoms with Gasteiger partial charge in [0.15, 0.2) is 5.96 Å². The van der Waals surface area contributed by atoms with E-state index in [0.29, 0.717) is 17.5 Å². The van der Waals surface area contributed by atoms with Crippen LogP contribution >= 0.6 is 0 Å². The summed E-state index contributed by atoms with van der Waals surface area (Å²) < 4.78 is 5.71. The van der Waals surface area contributed by atoms with Crippen LogP contribution in [0, 0.1) is 6.92 Å². The molecule has 2 aromatic rings. The maximum Gasteiger partial charge on any atom is 0.224 e. The molecule has 0 atom stereocenters. The van der Waals surface area contributed by atoms with Crippen LogP contribution in [0.2, 0.25) is 0 Å². The van der Waals surface area contributed by atoms with Crippen LogP contribution in [0.4, 0.5) is 5.82 Å². The zero-order valence-electron chi connectivity index (χ0n) is 11.1. The quantitative estimate of drug-likeness (QED) is 0.891. The molecular formula is C14H15N5O. The number of para-hydroxylation sites is 1. The molecular weight excluding hydrogens is 254 g/mol. The zero-order chi connectivity index (χ0) is 13.8. The fourth-order valence-electron chi connectivity index (χ4n) is 1.87. The average molecular weight is 269 g/mol. The summed E-state index contributed by atoms with van der Waals surface area (Å²) >= 11 is 0. The second-order valence-electron chi connectivity index (χ2n) is 4.34. The molecule has 1 aromatic carbocycles. The number of ether oxygens (including phenoxy) is 1. The van der Waals surface area contributed by atoms with E-state index in [-0.39, 0.29) is 0 Å². The number of aliphatic imine (C=N–C) groups is 1. The minimum atomic E-state index is 0.504. The van der Waals surface area contributed by atoms with Crippen LogP contribution in [0.5, 0.6) is 11.6 Å². The Kier molecular flexibility index (Phi) is 3.45. The average Bonchev–Trinajstić information content (AvgIpc) is 2.92. The first-order chi connectivity index (χ1) is 9.79. The van der Waals surface area contributed by atoms with Gasteiger partial charge in [0.2, 0.25) is 5.88 Å². The fourth-order valence-corrected chi connectivity index (χ4v) is 1.87. The van der Waals surface area contributed by atoms with Crippen molar-refractivity contribution in [3.8, 4) is 11.6 Å². The maximum absolute atomic E-state index is 5.71. The van der Waals surface area contributed by atoms with Crippen LogP contribution in [0.3, 0.4) is 0 Å². The molecule has 2 N–H and O–H groups in total. The molecule has 1 aromatic heterocycles. The Hall–Kier alpha value is -2.63. The first-order valence-corrected chi connectivity index (χ1v) is 6.43. The van der Waals surface area contributed by atoms with Crippen molar-refractivity contribution in [1.82, 2.24) is 15.3 Å². The van der Waals surface area contributed by atoms with Crippen LogP contribution in [-0.4, -0.2) is 29.0 Å². The summed E-state index contributed by atoms with van der Waals surface area (Å²) in [5.74, 6) is 3.28. The molecule has 102 valence electrons. The highest BCUT2D eigenvalue weighted by Crippen LogP contribution is 2.21. The third-order valence-electron chi connectivity index (χ3n) is 2.70. The number of nitrogens with zero attached hydrogens (tertiary/aromatic N) is 3. The Morgan fingerprint density at radius 1 is 1.20 bits per heavy atom. The van der Waals surface area contributed by atoms with Gasteiger partial charge in [0.25, 0.3) is 0 Å². The second-order valence-corrected chi connectivity index (χ2v) is 4.34. The molecule has 20 heavy (non-hydrogen) atoms. The molecule has 1 aliphatic heterocycles. The summed E-state index contributed by atoms with van der Waals surface area (Å²) in [7, 11) is 0. The second kappa shape index (κ2) is 5.56. The number of guanidine groups is 1. The van der Waals surface area contributed by atoms with Crippen LogP contribution in [-0.2, 0) is 0 Å². The maximum atomic E-state index is 5.71. The van der Waals surface area contributed by atoms with E-state index in [0.717, 1.165) is 24.8 Å². The lowest BCUT2D eigenvalue weighted by Crippen LogP contribution is -2.26. The van der Waals surface area contributed by atoms with Crippen molar-refractivity contribution >= 4 is 11.8 Å². The van der Waals surface area contributed by atoms with Crippen LogP contribution in [0.1, 0.15) is 5.82 Å². The summed E-state index contributed by atoms with van der Waals surface area (Å²) in [5, 5.41) is 6.25. The number of nitrogens with one attached hydrogen (secondary N) is 2. The van der Waals surface area contributed by atoms with Gasteiger partial charge in [-0.25, -0.2) is 4.98 Å². The molecule has 0 unspecified atom stereocenters. The summed E-state index contributed by atoms with van der Waals surface area (Å²) in [4.78, 5) is 12.9. The van der Waals surface area contributed by atoms with Gasteiger partial charge in [0, 0.05) is 12.6 Å². The van der Waals surface area contributed by atoms with Gasteiger partial charge in [-0.05, 0) is 19.1 Å². The van der Waals surface area contributed by atoms with E-state index in [4.69, 9.17) is 4.74 Å². The first kappa shape index (κ1) is 12.4. The van der Waals surface area contributed by atoms with Gasteiger partial charge in [0.05, 0.1) is 6.54 Å². The molecule has 0 aliphatic carbocycles. The van der Waals surface area contributed by atoms with Crippen LogP contribution < -0.4 is 15.4 Å². The van der Waals surface area contributed by atoms with Crippen LogP contribution in [0.25, 0.3) is 0 Å². The number of aryl methyl sites for hydroxylation is 1. The van der Waals surface area contributed by atoms with Gasteiger partial charge in [-0.3, -0.25) is 4.99 Å². The third kappa shape index (κ3) is 3.03. The topological polar surface area (TPSA) is 71.4 Å². The Labute approximate surface area is 116 Å². The third-order valence-corrected chi connectivity index (χ3v) is 2.70. The van der Waals surface area contributed by atoms with Crippen molar-refractivity contribution in [1.29, 1.82) is 0 Å². The summed E-state index contributed by atoms with van der Waals surface area (Å²) in [6.07, 6.45) is 0. The van der Waals surface area contributed by atoms with Gasteiger partial charge in [-0.15, -0.1) is 0 Å². The predicted molar refractivity (Wildman–Crippen MR) is 77.2 cm³/mol. The molecule has 0 fully saturated rings. The zero-order valence-corrected chi connectivity index (χ0v) is 11.1. The van der Waals surface area contributed by atoms with E-state index in [1.807, 2.05) is 37.3 Å². The molecule has 1 aliphatic rings. The fraction of sp³-hybridized carbons (Fsp3) is 0.214. The van der Waals surface area contributed by atoms with Gasteiger partial charge in [-0.2, -0.15) is 4.98 Å². The predicted octanol–water partition coefficient (Wildman–Crippen LogP) is 1.95. The Morgan fingerprint density at radius 3 is 2.80 bits per heavy atom. The molecule has 0 spiro atoms. The van der Waals surface area contributed by atoms with Crippen molar-refractivity contribution in [2.24, 2.45) is 4.99 Å². The Balaban J connectivity index is 1.79. The van der Waals surface area contributed by atoms with E-state index >= 15 is 0 Å². The summed E-state index contributed by atoms with van der Waals surface area (Å²) in [5.41, 5.74) is 0. The minimum absolute atomic E-state index is 0.504. The molecule has 0 saturated carbocycles. The van der Waals surface area contributed by atoms with E-state index < -0.39 is 0 Å². The summed E-state index contributed by atoms with van der Waals surface area (Å²) in [6.45, 7) is 3.45. The number of hydrogen-bond acceptors (Lipinski definition) is 6. The first-order valence-electron chi connectivity index (χ1n) is 6.43. The molecule has 3 rings (SSSR count). The lowest BCUT2D eigenvalue weighted by atomic mass is 10.3. The van der Waals surface area contributed by atoms with Crippen molar-refractivity contribution in [2.45, 2.75) is 6.92 Å². The van der Waals surface area contributed by atoms with Gasteiger partial charge < -0.3 is 15.4 Å². The Bertz CT molecular complexity index is 627. The van der Waals surface area contributed by atoms with Gasteiger partial charge >= 0.3 is 0 Å². The Morgan fingerprint density at radius 2 is 2.05 bits per heavy atom. The molecule has 0 saturated heterocycles. The highest BCUT2D eigenvalue weighted by Gasteiger charge is 2.08. The SMILES string of the molecule is Cc1nc(NC2=NCCN2)cc(Oc2ccccc2)n1. The highest BCUT2D eigenvalue weighted by molar-refractivity contribution is 5.93. The minimum Gasteiger partial charge on any atom is -0.439 e. The lowest BCUT2D eigenvalue weighted by Gasteiger charge is -2.09. The van der Waals surface area contributed by atoms with Gasteiger partial charge in [0.1, 0.15) is 17.4 Å². The number of hydrogen-bond donors (Lipinski definition) is 2. The molecule has 0 radical (unpaired) electrons. The monoisotopic (exact) mass is 269 g/mol. The van der Waals surface area contributed by atoms with E-state index in [1.54, 1.807) is 6.07 Å². The molecule has 0 bridgehead atoms. The number of rotatable bonds is 3. The largest absolute Gasteiger partial charge is 0.439 e. The van der Waals surface area contributed by atoms with Crippen molar-refractivity contribution in [3.05, 3.63) is 42.2 Å². The normalized spacial score (nSPS) is 13.6. The van der Waals surface area contributed by atoms with Gasteiger partial charge in [-0.1, -0.05) is 18.2 Å². The highest BCUT2D eigenvalue weighted by atomic mass is 16.5. The molecule has 6 nitrogen and oxygen atoms in total. The van der Waals surface area contributed by atoms with Crippen LogP contribution in [0.15, 0.2) is 41.4 Å². The van der Waals surface area contributed by atoms with E-state index in [2.05, 4.69) is 25.6 Å². The van der Waals surface area contributed by atoms with E-state index in [1.165, 1.54) is 0 Å². The lowest BCUT2D eigenvalue weighted by molar-refractivity contribution is 0.460. The molecule has 6 heteroatoms. The standard InChI is InChI=1S/C14H15N5O/c1-10-17-12(19-14-15-7-8-16-14)9-13(18-10)20-11-5-3-2-4-6-11/h2-6,9H,7-8H2,1H3,(H2,15,16,17,18,19). The summed E-state index contributed by atoms with van der Waals surface area (Å²) in [6, 6.07) is 11.3. The van der Waals surface area contributed by atoms with E-state index in [9.17, 15) is 0 Å². The smallest absolute Gasteiger partial charge is 0.224 e. The number of aromatic nitrogens is 2. The molecule has 2 heterocycles. The van der Waals surface area contributed by atoms with Crippen molar-refractivity contribution in [2.75, 3.05) is 18.4 Å².